The first-order chi connectivity index (χ1) is 8.65. The van der Waals surface area contributed by atoms with Crippen LogP contribution in [0.25, 0.3) is 0 Å². The lowest BCUT2D eigenvalue weighted by molar-refractivity contribution is 0.0954. The maximum Gasteiger partial charge on any atom is 0.251 e. The Morgan fingerprint density at radius 2 is 1.94 bits per heavy atom. The van der Waals surface area contributed by atoms with Crippen molar-refractivity contribution in [2.75, 3.05) is 18.0 Å². The summed E-state index contributed by atoms with van der Waals surface area (Å²) in [6.45, 7) is 0.601. The molecule has 4 nitrogen and oxygen atoms in total. The minimum atomic E-state index is -0.149. The van der Waals surface area contributed by atoms with Gasteiger partial charge in [-0.3, -0.25) is 4.79 Å². The quantitative estimate of drug-likeness (QED) is 0.735. The molecule has 0 radical (unpaired) electrons. The highest BCUT2D eigenvalue weighted by atomic mass is 32.1. The summed E-state index contributed by atoms with van der Waals surface area (Å²) in [7, 11) is 0. The molecule has 1 heterocycles. The zero-order valence-corrected chi connectivity index (χ0v) is 10.7. The van der Waals surface area contributed by atoms with Crippen molar-refractivity contribution in [2.24, 2.45) is 0 Å². The van der Waals surface area contributed by atoms with E-state index in [2.05, 4.69) is 16.8 Å². The van der Waals surface area contributed by atoms with Gasteiger partial charge in [0.25, 0.3) is 5.91 Å². The van der Waals surface area contributed by atoms with Crippen LogP contribution in [-0.2, 0) is 6.42 Å². The maximum absolute atomic E-state index is 11.9. The number of thiophene rings is 1. The lowest BCUT2D eigenvalue weighted by atomic mass is 10.1. The fourth-order valence-corrected chi connectivity index (χ4v) is 2.37. The van der Waals surface area contributed by atoms with Crippen molar-refractivity contribution < 1.29 is 4.79 Å². The zero-order chi connectivity index (χ0) is 13.0. The van der Waals surface area contributed by atoms with Crippen LogP contribution < -0.4 is 16.8 Å². The maximum atomic E-state index is 11.9. The molecule has 0 aliphatic carbocycles. The molecule has 5 heteroatoms. The van der Waals surface area contributed by atoms with Gasteiger partial charge in [0.15, 0.2) is 0 Å². The SMILES string of the molecule is Nc1cc(N)cc(C(=O)NCCc2ccsc2)c1. The summed E-state index contributed by atoms with van der Waals surface area (Å²) in [4.78, 5) is 11.9. The van der Waals surface area contributed by atoms with Crippen LogP contribution in [0.1, 0.15) is 15.9 Å². The molecule has 1 amide bonds. The molecule has 0 unspecified atom stereocenters. The number of amides is 1. The molecule has 18 heavy (non-hydrogen) atoms. The average molecular weight is 261 g/mol. The smallest absolute Gasteiger partial charge is 0.251 e. The molecular formula is C13H15N3OS. The van der Waals surface area contributed by atoms with Gasteiger partial charge >= 0.3 is 0 Å². The van der Waals surface area contributed by atoms with Gasteiger partial charge < -0.3 is 16.8 Å². The molecule has 1 aromatic heterocycles. The van der Waals surface area contributed by atoms with Crippen LogP contribution >= 0.6 is 11.3 Å². The van der Waals surface area contributed by atoms with Gasteiger partial charge in [0.2, 0.25) is 0 Å². The summed E-state index contributed by atoms with van der Waals surface area (Å²) < 4.78 is 0. The fraction of sp³-hybridized carbons (Fsp3) is 0.154. The van der Waals surface area contributed by atoms with E-state index >= 15 is 0 Å². The Hall–Kier alpha value is -2.01. The Morgan fingerprint density at radius 3 is 2.56 bits per heavy atom. The Kier molecular flexibility index (Phi) is 3.84. The van der Waals surface area contributed by atoms with E-state index in [9.17, 15) is 4.79 Å². The van der Waals surface area contributed by atoms with Crippen LogP contribution in [-0.4, -0.2) is 12.5 Å². The predicted octanol–water partition coefficient (Wildman–Crippen LogP) is 1.89. The molecule has 5 N–H and O–H groups in total. The first kappa shape index (κ1) is 12.4. The Labute approximate surface area is 110 Å². The molecule has 0 spiro atoms. The number of carbonyl (C=O) groups excluding carboxylic acids is 1. The second kappa shape index (κ2) is 5.55. The number of nitrogens with two attached hydrogens (primary N) is 2. The van der Waals surface area contributed by atoms with Crippen LogP contribution in [0.4, 0.5) is 11.4 Å². The van der Waals surface area contributed by atoms with Gasteiger partial charge in [-0.25, -0.2) is 0 Å². The van der Waals surface area contributed by atoms with Gasteiger partial charge in [0, 0.05) is 23.5 Å². The Bertz CT molecular complexity index is 517. The van der Waals surface area contributed by atoms with Gasteiger partial charge in [-0.2, -0.15) is 11.3 Å². The van der Waals surface area contributed by atoms with Gasteiger partial charge in [0.1, 0.15) is 0 Å². The van der Waals surface area contributed by atoms with Crippen molar-refractivity contribution in [3.8, 4) is 0 Å². The molecule has 0 aliphatic rings. The highest BCUT2D eigenvalue weighted by Crippen LogP contribution is 2.13. The normalized spacial score (nSPS) is 10.2. The number of hydrogen-bond donors (Lipinski definition) is 3. The summed E-state index contributed by atoms with van der Waals surface area (Å²) >= 11 is 1.65. The van der Waals surface area contributed by atoms with Crippen molar-refractivity contribution >= 4 is 28.6 Å². The largest absolute Gasteiger partial charge is 0.399 e. The van der Waals surface area contributed by atoms with Gasteiger partial charge in [-0.15, -0.1) is 0 Å². The molecule has 0 aliphatic heterocycles. The molecule has 1 aromatic carbocycles. The number of hydrogen-bond acceptors (Lipinski definition) is 4. The minimum absolute atomic E-state index is 0.149. The van der Waals surface area contributed by atoms with Crippen molar-refractivity contribution in [1.29, 1.82) is 0 Å². The summed E-state index contributed by atoms with van der Waals surface area (Å²) in [6, 6.07) is 6.92. The van der Waals surface area contributed by atoms with E-state index in [4.69, 9.17) is 11.5 Å². The van der Waals surface area contributed by atoms with E-state index in [-0.39, 0.29) is 5.91 Å². The van der Waals surface area contributed by atoms with Gasteiger partial charge in [-0.05, 0) is 47.0 Å². The first-order valence-electron chi connectivity index (χ1n) is 5.60. The number of anilines is 2. The zero-order valence-electron chi connectivity index (χ0n) is 9.85. The van der Waals surface area contributed by atoms with Crippen LogP contribution in [0, 0.1) is 0 Å². The molecule has 0 saturated heterocycles. The molecule has 2 aromatic rings. The van der Waals surface area contributed by atoms with Crippen LogP contribution in [0.3, 0.4) is 0 Å². The fourth-order valence-electron chi connectivity index (χ4n) is 1.66. The third-order valence-electron chi connectivity index (χ3n) is 2.52. The number of nitrogens with one attached hydrogen (secondary N) is 1. The van der Waals surface area contributed by atoms with Crippen LogP contribution in [0.15, 0.2) is 35.0 Å². The standard InChI is InChI=1S/C13H15N3OS/c14-11-5-10(6-12(15)7-11)13(17)16-3-1-9-2-4-18-8-9/h2,4-8H,1,3,14-15H2,(H,16,17). The van der Waals surface area contributed by atoms with Crippen LogP contribution in [0.5, 0.6) is 0 Å². The highest BCUT2D eigenvalue weighted by Gasteiger charge is 2.06. The van der Waals surface area contributed by atoms with Crippen molar-refractivity contribution in [3.63, 3.8) is 0 Å². The lowest BCUT2D eigenvalue weighted by Gasteiger charge is -2.06. The molecule has 0 bridgehead atoms. The number of nitrogen functional groups attached to an aromatic ring is 2. The number of carbonyl (C=O) groups is 1. The van der Waals surface area contributed by atoms with Crippen molar-refractivity contribution in [3.05, 3.63) is 46.2 Å². The minimum Gasteiger partial charge on any atom is -0.399 e. The molecular weight excluding hydrogens is 246 g/mol. The van der Waals surface area contributed by atoms with E-state index in [1.165, 1.54) is 5.56 Å². The van der Waals surface area contributed by atoms with E-state index in [1.807, 2.05) is 5.38 Å². The molecule has 0 saturated carbocycles. The second-order valence-electron chi connectivity index (χ2n) is 4.03. The second-order valence-corrected chi connectivity index (χ2v) is 4.81. The molecule has 0 fully saturated rings. The Morgan fingerprint density at radius 1 is 1.22 bits per heavy atom. The summed E-state index contributed by atoms with van der Waals surface area (Å²) in [5.41, 5.74) is 14.0. The monoisotopic (exact) mass is 261 g/mol. The summed E-state index contributed by atoms with van der Waals surface area (Å²) in [5, 5.41) is 6.94. The molecule has 2 rings (SSSR count). The lowest BCUT2D eigenvalue weighted by Crippen LogP contribution is -2.25. The van der Waals surface area contributed by atoms with Crippen LogP contribution in [0.2, 0.25) is 0 Å². The molecule has 0 atom stereocenters. The van der Waals surface area contributed by atoms with E-state index in [0.29, 0.717) is 23.5 Å². The van der Waals surface area contributed by atoms with Crippen molar-refractivity contribution in [2.45, 2.75) is 6.42 Å². The van der Waals surface area contributed by atoms with Gasteiger partial charge in [0.05, 0.1) is 0 Å². The van der Waals surface area contributed by atoms with Crippen molar-refractivity contribution in [1.82, 2.24) is 5.32 Å². The van der Waals surface area contributed by atoms with Gasteiger partial charge in [-0.1, -0.05) is 0 Å². The third kappa shape index (κ3) is 3.24. The number of benzene rings is 1. The first-order valence-corrected chi connectivity index (χ1v) is 6.55. The topological polar surface area (TPSA) is 81.1 Å². The average Bonchev–Trinajstić information content (AvgIpc) is 2.80. The summed E-state index contributed by atoms with van der Waals surface area (Å²) in [6.07, 6.45) is 0.826. The summed E-state index contributed by atoms with van der Waals surface area (Å²) in [5.74, 6) is -0.149. The highest BCUT2D eigenvalue weighted by molar-refractivity contribution is 7.07. The van der Waals surface area contributed by atoms with E-state index < -0.39 is 0 Å². The predicted molar refractivity (Wildman–Crippen MR) is 75.6 cm³/mol. The van der Waals surface area contributed by atoms with E-state index in [1.54, 1.807) is 29.5 Å². The Balaban J connectivity index is 1.91. The number of rotatable bonds is 4. The third-order valence-corrected chi connectivity index (χ3v) is 3.25. The molecule has 94 valence electrons. The van der Waals surface area contributed by atoms with E-state index in [0.717, 1.165) is 6.42 Å².